The van der Waals surface area contributed by atoms with Crippen molar-refractivity contribution in [3.8, 4) is 11.3 Å². The molecule has 190 valence electrons. The number of sulfone groups is 1. The van der Waals surface area contributed by atoms with Crippen LogP contribution in [-0.4, -0.2) is 57.4 Å². The van der Waals surface area contributed by atoms with Gasteiger partial charge in [0.1, 0.15) is 0 Å². The fraction of sp³-hybridized carbons (Fsp3) is 0.333. The van der Waals surface area contributed by atoms with Crippen LogP contribution in [0.3, 0.4) is 0 Å². The summed E-state index contributed by atoms with van der Waals surface area (Å²) in [7, 11) is -1.64. The van der Waals surface area contributed by atoms with Crippen molar-refractivity contribution in [1.29, 1.82) is 0 Å². The number of fused-ring (bicyclic) bond motifs is 3. The minimum absolute atomic E-state index is 0.0391. The van der Waals surface area contributed by atoms with Crippen LogP contribution in [0.5, 0.6) is 0 Å². The molecule has 0 radical (unpaired) electrons. The summed E-state index contributed by atoms with van der Waals surface area (Å²) >= 11 is 0. The van der Waals surface area contributed by atoms with Crippen molar-refractivity contribution in [2.24, 2.45) is 13.0 Å². The SMILES string of the molecule is Cc1nnn(C)c1-c1cnc2c3cnc(S(C)(=O)=O)cc3n([C@H](c3ccccc3)C3CCOCC3)c2c1. The van der Waals surface area contributed by atoms with Crippen molar-refractivity contribution in [2.45, 2.75) is 30.8 Å². The Morgan fingerprint density at radius 2 is 1.78 bits per heavy atom. The van der Waals surface area contributed by atoms with Gasteiger partial charge in [-0.2, -0.15) is 0 Å². The Hall–Kier alpha value is -3.63. The molecule has 4 aromatic heterocycles. The largest absolute Gasteiger partial charge is 0.381 e. The van der Waals surface area contributed by atoms with Crippen LogP contribution in [0, 0.1) is 12.8 Å². The summed E-state index contributed by atoms with van der Waals surface area (Å²) in [5.74, 6) is 0.300. The van der Waals surface area contributed by atoms with Crippen molar-refractivity contribution in [3.05, 3.63) is 66.1 Å². The van der Waals surface area contributed by atoms with E-state index in [9.17, 15) is 8.42 Å². The maximum atomic E-state index is 12.5. The van der Waals surface area contributed by atoms with E-state index in [0.717, 1.165) is 57.3 Å². The van der Waals surface area contributed by atoms with Crippen LogP contribution in [-0.2, 0) is 21.6 Å². The number of aromatic nitrogens is 6. The van der Waals surface area contributed by atoms with Gasteiger partial charge in [-0.3, -0.25) is 4.98 Å². The summed E-state index contributed by atoms with van der Waals surface area (Å²) in [4.78, 5) is 9.18. The maximum Gasteiger partial charge on any atom is 0.192 e. The number of aryl methyl sites for hydroxylation is 2. The highest BCUT2D eigenvalue weighted by atomic mass is 32.2. The van der Waals surface area contributed by atoms with Crippen LogP contribution in [0.1, 0.15) is 30.1 Å². The normalized spacial score (nSPS) is 16.0. The van der Waals surface area contributed by atoms with Crippen LogP contribution in [0.4, 0.5) is 0 Å². The van der Waals surface area contributed by atoms with Gasteiger partial charge >= 0.3 is 0 Å². The summed E-state index contributed by atoms with van der Waals surface area (Å²) in [6.45, 7) is 3.33. The van der Waals surface area contributed by atoms with Gasteiger partial charge in [0, 0.05) is 49.9 Å². The summed E-state index contributed by atoms with van der Waals surface area (Å²) < 4.78 is 34.7. The molecule has 1 atom stereocenters. The molecule has 1 saturated heterocycles. The van der Waals surface area contributed by atoms with Crippen molar-refractivity contribution >= 4 is 31.8 Å². The monoisotopic (exact) mass is 516 g/mol. The van der Waals surface area contributed by atoms with Gasteiger partial charge < -0.3 is 9.30 Å². The van der Waals surface area contributed by atoms with E-state index in [1.165, 1.54) is 6.26 Å². The van der Waals surface area contributed by atoms with E-state index >= 15 is 0 Å². The van der Waals surface area contributed by atoms with Crippen molar-refractivity contribution < 1.29 is 13.2 Å². The smallest absolute Gasteiger partial charge is 0.192 e. The molecule has 0 N–H and O–H groups in total. The molecule has 0 spiro atoms. The molecule has 0 unspecified atom stereocenters. The Morgan fingerprint density at radius 1 is 1.03 bits per heavy atom. The van der Waals surface area contributed by atoms with Gasteiger partial charge in [-0.1, -0.05) is 35.5 Å². The molecular weight excluding hydrogens is 488 g/mol. The Balaban J connectivity index is 1.71. The number of ether oxygens (including phenoxy) is 1. The standard InChI is InChI=1S/C27H28N6O3S/c1-17-26(32(2)31-30-17)20-13-23-25(29-15-20)21-16-28-24(37(3,34)35)14-22(21)33(23)27(18-7-5-4-6-8-18)19-9-11-36-12-10-19/h4-8,13-16,19,27H,9-12H2,1-3H3/t27-/m1/s1. The molecule has 0 saturated carbocycles. The van der Waals surface area contributed by atoms with Gasteiger partial charge in [0.2, 0.25) is 0 Å². The Bertz CT molecular complexity index is 1700. The summed E-state index contributed by atoms with van der Waals surface area (Å²) in [5, 5.41) is 9.27. The molecule has 1 aliphatic rings. The number of rotatable bonds is 5. The molecule has 1 fully saturated rings. The topological polar surface area (TPSA) is 105 Å². The fourth-order valence-electron chi connectivity index (χ4n) is 5.58. The second kappa shape index (κ2) is 9.04. The number of pyridine rings is 2. The lowest BCUT2D eigenvalue weighted by Gasteiger charge is -2.33. The molecule has 6 rings (SSSR count). The number of hydrogen-bond donors (Lipinski definition) is 0. The average Bonchev–Trinajstić information content (AvgIpc) is 3.40. The summed E-state index contributed by atoms with van der Waals surface area (Å²) in [6.07, 6.45) is 6.47. The minimum atomic E-state index is -3.50. The molecule has 0 bridgehead atoms. The Morgan fingerprint density at radius 3 is 2.46 bits per heavy atom. The van der Waals surface area contributed by atoms with Crippen LogP contribution < -0.4 is 0 Å². The average molecular weight is 517 g/mol. The fourth-order valence-corrected chi connectivity index (χ4v) is 6.15. The van der Waals surface area contributed by atoms with Crippen molar-refractivity contribution in [3.63, 3.8) is 0 Å². The maximum absolute atomic E-state index is 12.5. The van der Waals surface area contributed by atoms with Gasteiger partial charge in [-0.25, -0.2) is 18.1 Å². The first kappa shape index (κ1) is 23.7. The van der Waals surface area contributed by atoms with Crippen molar-refractivity contribution in [1.82, 2.24) is 29.5 Å². The lowest BCUT2D eigenvalue weighted by atomic mass is 9.86. The van der Waals surface area contributed by atoms with Gasteiger partial charge in [0.15, 0.2) is 14.9 Å². The third kappa shape index (κ3) is 4.10. The molecule has 5 heterocycles. The lowest BCUT2D eigenvalue weighted by Crippen LogP contribution is -2.27. The molecule has 9 nitrogen and oxygen atoms in total. The number of nitrogens with zero attached hydrogens (tertiary/aromatic N) is 6. The van der Waals surface area contributed by atoms with Gasteiger partial charge in [0.05, 0.1) is 34.0 Å². The van der Waals surface area contributed by atoms with Crippen LogP contribution in [0.2, 0.25) is 0 Å². The van der Waals surface area contributed by atoms with Crippen LogP contribution in [0.25, 0.3) is 33.2 Å². The summed E-state index contributed by atoms with van der Waals surface area (Å²) in [6, 6.07) is 14.2. The van der Waals surface area contributed by atoms with E-state index < -0.39 is 9.84 Å². The Labute approximate surface area is 215 Å². The highest BCUT2D eigenvalue weighted by Crippen LogP contribution is 2.41. The lowest BCUT2D eigenvalue weighted by molar-refractivity contribution is 0.0553. The third-order valence-electron chi connectivity index (χ3n) is 7.28. The molecule has 0 aliphatic carbocycles. The van der Waals surface area contributed by atoms with E-state index in [1.54, 1.807) is 16.9 Å². The highest BCUT2D eigenvalue weighted by molar-refractivity contribution is 7.90. The van der Waals surface area contributed by atoms with Crippen LogP contribution in [0.15, 0.2) is 59.9 Å². The predicted octanol–water partition coefficient (Wildman–Crippen LogP) is 4.11. The molecule has 5 aromatic rings. The third-order valence-corrected chi connectivity index (χ3v) is 8.26. The number of benzene rings is 1. The molecule has 0 amide bonds. The Kier molecular flexibility index (Phi) is 5.80. The van der Waals surface area contributed by atoms with Gasteiger partial charge in [0.25, 0.3) is 0 Å². The first-order chi connectivity index (χ1) is 17.8. The predicted molar refractivity (Wildman–Crippen MR) is 141 cm³/mol. The minimum Gasteiger partial charge on any atom is -0.381 e. The zero-order valence-corrected chi connectivity index (χ0v) is 21.8. The second-order valence-corrected chi connectivity index (χ2v) is 11.7. The highest BCUT2D eigenvalue weighted by Gasteiger charge is 2.31. The van der Waals surface area contributed by atoms with Crippen LogP contribution >= 0.6 is 0 Å². The zero-order chi connectivity index (χ0) is 25.7. The molecule has 10 heteroatoms. The van der Waals surface area contributed by atoms with E-state index in [4.69, 9.17) is 9.72 Å². The quantitative estimate of drug-likeness (QED) is 0.346. The van der Waals surface area contributed by atoms with E-state index in [0.29, 0.717) is 19.1 Å². The first-order valence-corrected chi connectivity index (χ1v) is 14.2. The number of hydrogen-bond acceptors (Lipinski definition) is 7. The van der Waals surface area contributed by atoms with Gasteiger partial charge in [-0.15, -0.1) is 5.10 Å². The van der Waals surface area contributed by atoms with E-state index in [1.807, 2.05) is 38.4 Å². The molecular formula is C27H28N6O3S. The second-order valence-electron chi connectivity index (χ2n) is 9.73. The zero-order valence-electron chi connectivity index (χ0n) is 21.0. The van der Waals surface area contributed by atoms with E-state index in [-0.39, 0.29) is 11.1 Å². The van der Waals surface area contributed by atoms with Crippen molar-refractivity contribution in [2.75, 3.05) is 19.5 Å². The molecule has 37 heavy (non-hydrogen) atoms. The first-order valence-electron chi connectivity index (χ1n) is 12.3. The van der Waals surface area contributed by atoms with Gasteiger partial charge in [-0.05, 0) is 43.4 Å². The summed E-state index contributed by atoms with van der Waals surface area (Å²) in [5.41, 5.74) is 6.27. The molecule has 1 aromatic carbocycles. The van der Waals surface area contributed by atoms with E-state index in [2.05, 4.69) is 38.1 Å². The molecule has 1 aliphatic heterocycles.